The Morgan fingerprint density at radius 1 is 0.852 bits per heavy atom. The van der Waals surface area contributed by atoms with E-state index in [1.807, 2.05) is 0 Å². The Kier molecular flexibility index (Phi) is 3.83. The van der Waals surface area contributed by atoms with Crippen molar-refractivity contribution in [2.75, 3.05) is 7.11 Å². The molecule has 0 aliphatic heterocycles. The summed E-state index contributed by atoms with van der Waals surface area (Å²) in [5.41, 5.74) is 7.88. The monoisotopic (exact) mass is 351 g/mol. The average molecular weight is 351 g/mol. The van der Waals surface area contributed by atoms with Crippen LogP contribution < -0.4 is 4.74 Å². The van der Waals surface area contributed by atoms with Crippen LogP contribution in [0.15, 0.2) is 84.9 Å². The maximum Gasteiger partial charge on any atom is 0.118 e. The van der Waals surface area contributed by atoms with Gasteiger partial charge in [0.05, 0.1) is 7.11 Å². The predicted octanol–water partition coefficient (Wildman–Crippen LogP) is 5.95. The van der Waals surface area contributed by atoms with Crippen molar-refractivity contribution in [1.29, 1.82) is 0 Å². The van der Waals surface area contributed by atoms with E-state index in [0.29, 0.717) is 0 Å². The molecule has 0 spiro atoms. The summed E-state index contributed by atoms with van der Waals surface area (Å²) in [7, 11) is 1.71. The first-order chi connectivity index (χ1) is 13.3. The second kappa shape index (κ2) is 6.48. The zero-order chi connectivity index (χ0) is 18.2. The molecule has 1 N–H and O–H groups in total. The highest BCUT2D eigenvalue weighted by Crippen LogP contribution is 2.45. The number of rotatable bonds is 3. The fourth-order valence-electron chi connectivity index (χ4n) is 4.25. The average Bonchev–Trinajstić information content (AvgIpc) is 3.12. The van der Waals surface area contributed by atoms with Crippen LogP contribution in [0.5, 0.6) is 5.75 Å². The van der Waals surface area contributed by atoms with E-state index in [-0.39, 0.29) is 5.92 Å². The highest BCUT2D eigenvalue weighted by molar-refractivity contribution is 5.91. The van der Waals surface area contributed by atoms with Gasteiger partial charge in [0.15, 0.2) is 0 Å². The summed E-state index contributed by atoms with van der Waals surface area (Å²) in [6.07, 6.45) is 3.31. The highest BCUT2D eigenvalue weighted by Gasteiger charge is 2.29. The molecule has 0 saturated carbocycles. The second-order valence-corrected chi connectivity index (χ2v) is 7.00. The zero-order valence-electron chi connectivity index (χ0n) is 15.3. The summed E-state index contributed by atoms with van der Waals surface area (Å²) >= 11 is 0. The number of aromatic amines is 1. The van der Waals surface area contributed by atoms with Gasteiger partial charge in [-0.3, -0.25) is 0 Å². The number of benzene rings is 3. The normalized spacial score (nSPS) is 16.0. The number of nitrogens with one attached hydrogen (secondary N) is 1. The van der Waals surface area contributed by atoms with E-state index in [0.717, 1.165) is 12.2 Å². The van der Waals surface area contributed by atoms with E-state index in [1.54, 1.807) is 7.11 Å². The van der Waals surface area contributed by atoms with Crippen LogP contribution in [0, 0.1) is 0 Å². The van der Waals surface area contributed by atoms with Crippen LogP contribution in [-0.2, 0) is 6.42 Å². The third-order valence-electron chi connectivity index (χ3n) is 5.51. The maximum absolute atomic E-state index is 5.37. The molecule has 2 nitrogen and oxygen atoms in total. The van der Waals surface area contributed by atoms with Gasteiger partial charge >= 0.3 is 0 Å². The van der Waals surface area contributed by atoms with Crippen molar-refractivity contribution in [3.8, 4) is 5.75 Å². The largest absolute Gasteiger partial charge is 0.497 e. The quantitative estimate of drug-likeness (QED) is 0.485. The van der Waals surface area contributed by atoms with Gasteiger partial charge in [0.25, 0.3) is 0 Å². The number of allylic oxidation sites excluding steroid dienone is 2. The van der Waals surface area contributed by atoms with E-state index in [9.17, 15) is 0 Å². The summed E-state index contributed by atoms with van der Waals surface area (Å²) in [5, 5.41) is 1.31. The number of ether oxygens (including phenoxy) is 1. The molecule has 1 aliphatic carbocycles. The molecule has 0 fully saturated rings. The van der Waals surface area contributed by atoms with Crippen LogP contribution in [0.3, 0.4) is 0 Å². The van der Waals surface area contributed by atoms with Crippen LogP contribution in [0.4, 0.5) is 0 Å². The van der Waals surface area contributed by atoms with Crippen molar-refractivity contribution < 1.29 is 4.74 Å². The lowest BCUT2D eigenvalue weighted by atomic mass is 9.76. The lowest BCUT2D eigenvalue weighted by Gasteiger charge is -2.27. The van der Waals surface area contributed by atoms with Gasteiger partial charge in [0, 0.05) is 28.9 Å². The molecule has 5 rings (SSSR count). The molecule has 1 atom stereocenters. The van der Waals surface area contributed by atoms with Crippen LogP contribution in [-0.4, -0.2) is 12.1 Å². The van der Waals surface area contributed by atoms with Crippen LogP contribution in [0.2, 0.25) is 0 Å². The molecule has 1 aliphatic rings. The summed E-state index contributed by atoms with van der Waals surface area (Å²) in [6.45, 7) is 0. The molecular formula is C25H21NO. The first-order valence-corrected chi connectivity index (χ1v) is 9.34. The van der Waals surface area contributed by atoms with Crippen LogP contribution in [0.25, 0.3) is 16.5 Å². The lowest BCUT2D eigenvalue weighted by Crippen LogP contribution is -2.11. The number of para-hydroxylation sites is 1. The third-order valence-corrected chi connectivity index (χ3v) is 5.51. The Balaban J connectivity index is 1.74. The minimum Gasteiger partial charge on any atom is -0.497 e. The van der Waals surface area contributed by atoms with Gasteiger partial charge in [-0.1, -0.05) is 66.7 Å². The van der Waals surface area contributed by atoms with E-state index >= 15 is 0 Å². The van der Waals surface area contributed by atoms with Crippen molar-refractivity contribution >= 4 is 16.5 Å². The fourth-order valence-corrected chi connectivity index (χ4v) is 4.25. The van der Waals surface area contributed by atoms with Gasteiger partial charge in [-0.05, 0) is 40.5 Å². The van der Waals surface area contributed by atoms with E-state index in [2.05, 4.69) is 89.9 Å². The fraction of sp³-hybridized carbons (Fsp3) is 0.120. The molecule has 1 unspecified atom stereocenters. The minimum atomic E-state index is 0.207. The first-order valence-electron chi connectivity index (χ1n) is 9.34. The van der Waals surface area contributed by atoms with Gasteiger partial charge in [0.1, 0.15) is 5.75 Å². The summed E-state index contributed by atoms with van der Waals surface area (Å²) in [5.74, 6) is 1.09. The number of H-pyrrole nitrogens is 1. The topological polar surface area (TPSA) is 25.0 Å². The number of fused-ring (bicyclic) bond motifs is 3. The van der Waals surface area contributed by atoms with E-state index in [4.69, 9.17) is 4.74 Å². The number of hydrogen-bond donors (Lipinski definition) is 1. The molecule has 132 valence electrons. The van der Waals surface area contributed by atoms with E-state index in [1.165, 1.54) is 38.9 Å². The van der Waals surface area contributed by atoms with Crippen molar-refractivity contribution in [2.24, 2.45) is 0 Å². The lowest BCUT2D eigenvalue weighted by molar-refractivity contribution is 0.414. The number of aromatic nitrogens is 1. The summed E-state index contributed by atoms with van der Waals surface area (Å²) in [6, 6.07) is 27.8. The molecule has 3 aromatic carbocycles. The molecule has 2 heteroatoms. The summed E-state index contributed by atoms with van der Waals surface area (Å²) in [4.78, 5) is 3.64. The predicted molar refractivity (Wildman–Crippen MR) is 111 cm³/mol. The van der Waals surface area contributed by atoms with Crippen molar-refractivity contribution in [3.63, 3.8) is 0 Å². The molecule has 27 heavy (non-hydrogen) atoms. The molecule has 4 aromatic rings. The van der Waals surface area contributed by atoms with Crippen LogP contribution >= 0.6 is 0 Å². The standard InChI is InChI=1S/C25H21NO/c1-27-19-13-11-18(12-14-19)24-20(17-7-3-2-4-8-17)15-16-23-25(24)21-9-5-6-10-22(21)26-23/h2-15,24,26H,16H2,1H3. The maximum atomic E-state index is 5.37. The van der Waals surface area contributed by atoms with Gasteiger partial charge < -0.3 is 9.72 Å². The number of methoxy groups -OCH3 is 1. The van der Waals surface area contributed by atoms with Gasteiger partial charge in [-0.25, -0.2) is 0 Å². The van der Waals surface area contributed by atoms with Crippen molar-refractivity contribution in [3.05, 3.63) is 107 Å². The zero-order valence-corrected chi connectivity index (χ0v) is 15.3. The molecule has 1 aromatic heterocycles. The third kappa shape index (κ3) is 2.65. The molecule has 0 bridgehead atoms. The molecule has 0 saturated heterocycles. The SMILES string of the molecule is COc1ccc(C2C(c3ccccc3)=CCc3[nH]c4ccccc4c32)cc1. The van der Waals surface area contributed by atoms with Gasteiger partial charge in [-0.2, -0.15) is 0 Å². The van der Waals surface area contributed by atoms with Gasteiger partial charge in [0.2, 0.25) is 0 Å². The smallest absolute Gasteiger partial charge is 0.118 e. The van der Waals surface area contributed by atoms with E-state index < -0.39 is 0 Å². The Morgan fingerprint density at radius 2 is 1.59 bits per heavy atom. The summed E-state index contributed by atoms with van der Waals surface area (Å²) < 4.78 is 5.37. The Morgan fingerprint density at radius 3 is 2.37 bits per heavy atom. The molecule has 0 radical (unpaired) electrons. The van der Waals surface area contributed by atoms with Gasteiger partial charge in [-0.15, -0.1) is 0 Å². The highest BCUT2D eigenvalue weighted by atomic mass is 16.5. The minimum absolute atomic E-state index is 0.207. The van der Waals surface area contributed by atoms with Crippen molar-refractivity contribution in [2.45, 2.75) is 12.3 Å². The molecule has 1 heterocycles. The Hall–Kier alpha value is -3.26. The molecule has 0 amide bonds. The van der Waals surface area contributed by atoms with Crippen molar-refractivity contribution in [1.82, 2.24) is 4.98 Å². The number of hydrogen-bond acceptors (Lipinski definition) is 1. The Labute approximate surface area is 159 Å². The first kappa shape index (κ1) is 16.0. The Bertz CT molecular complexity index is 1120. The van der Waals surface area contributed by atoms with Crippen LogP contribution in [0.1, 0.15) is 28.3 Å². The molecular weight excluding hydrogens is 330 g/mol. The second-order valence-electron chi connectivity index (χ2n) is 7.00.